The van der Waals surface area contributed by atoms with Crippen LogP contribution in [0.15, 0.2) is 0 Å². The van der Waals surface area contributed by atoms with Gasteiger partial charge >= 0.3 is 0 Å². The van der Waals surface area contributed by atoms with E-state index < -0.39 is 0 Å². The molecular weight excluding hydrogens is 178 g/mol. The molecule has 0 aromatic carbocycles. The van der Waals surface area contributed by atoms with Crippen LogP contribution in [0.5, 0.6) is 0 Å². The normalized spacial score (nSPS) is 36.0. The zero-order chi connectivity index (χ0) is 9.60. The highest BCUT2D eigenvalue weighted by Gasteiger charge is 2.54. The minimum atomic E-state index is -0.146. The number of fused-ring (bicyclic) bond motifs is 2. The molecule has 0 saturated carbocycles. The molecule has 3 rings (SSSR count). The molecule has 1 spiro atoms. The van der Waals surface area contributed by atoms with E-state index >= 15 is 0 Å². The minimum absolute atomic E-state index is 0.146. The summed E-state index contributed by atoms with van der Waals surface area (Å²) in [4.78, 5) is 14.4. The Morgan fingerprint density at radius 2 is 2.14 bits per heavy atom. The second-order valence-corrected chi connectivity index (χ2v) is 4.61. The summed E-state index contributed by atoms with van der Waals surface area (Å²) in [7, 11) is 0. The molecule has 1 atom stereocenters. The van der Waals surface area contributed by atoms with Gasteiger partial charge in [0.25, 0.3) is 0 Å². The van der Waals surface area contributed by atoms with Gasteiger partial charge in [-0.25, -0.2) is 0 Å². The van der Waals surface area contributed by atoms with Crippen LogP contribution in [0.1, 0.15) is 25.7 Å². The van der Waals surface area contributed by atoms with Crippen molar-refractivity contribution in [1.82, 2.24) is 15.5 Å². The van der Waals surface area contributed by atoms with E-state index in [1.165, 1.54) is 6.42 Å². The minimum Gasteiger partial charge on any atom is -0.339 e. The predicted molar refractivity (Wildman–Crippen MR) is 52.7 cm³/mol. The molecule has 14 heavy (non-hydrogen) atoms. The zero-order valence-corrected chi connectivity index (χ0v) is 8.38. The van der Waals surface area contributed by atoms with E-state index in [-0.39, 0.29) is 11.4 Å². The third-order valence-electron chi connectivity index (χ3n) is 3.95. The summed E-state index contributed by atoms with van der Waals surface area (Å²) in [5.41, 5.74) is -0.146. The van der Waals surface area contributed by atoms with Crippen LogP contribution in [-0.4, -0.2) is 42.1 Å². The summed E-state index contributed by atoms with van der Waals surface area (Å²) in [5.74, 6) is 0.281. The molecule has 0 radical (unpaired) electrons. The summed E-state index contributed by atoms with van der Waals surface area (Å²) in [6.45, 7) is 3.07. The van der Waals surface area contributed by atoms with E-state index in [9.17, 15) is 4.79 Å². The average molecular weight is 195 g/mol. The van der Waals surface area contributed by atoms with Crippen LogP contribution < -0.4 is 10.6 Å². The van der Waals surface area contributed by atoms with Gasteiger partial charge in [-0.2, -0.15) is 0 Å². The monoisotopic (exact) mass is 195 g/mol. The van der Waals surface area contributed by atoms with Gasteiger partial charge in [0, 0.05) is 6.54 Å². The van der Waals surface area contributed by atoms with Crippen LogP contribution in [0.25, 0.3) is 0 Å². The fraction of sp³-hybridized carbons (Fsp3) is 0.900. The Morgan fingerprint density at radius 1 is 1.36 bits per heavy atom. The van der Waals surface area contributed by atoms with Crippen LogP contribution in [-0.2, 0) is 4.79 Å². The Morgan fingerprint density at radius 3 is 2.93 bits per heavy atom. The molecule has 0 aromatic rings. The van der Waals surface area contributed by atoms with Crippen molar-refractivity contribution < 1.29 is 4.79 Å². The second-order valence-electron chi connectivity index (χ2n) is 4.61. The number of carbonyl (C=O) groups excluding carboxylic acids is 1. The fourth-order valence-electron chi connectivity index (χ4n) is 3.20. The number of hydrogen-bond donors (Lipinski definition) is 2. The number of amides is 1. The van der Waals surface area contributed by atoms with Crippen molar-refractivity contribution in [1.29, 1.82) is 0 Å². The number of hydrogen-bond acceptors (Lipinski definition) is 3. The lowest BCUT2D eigenvalue weighted by Crippen LogP contribution is -2.55. The Balaban J connectivity index is 1.91. The molecule has 1 unspecified atom stereocenters. The first-order chi connectivity index (χ1) is 6.83. The van der Waals surface area contributed by atoms with Crippen LogP contribution in [0.2, 0.25) is 0 Å². The van der Waals surface area contributed by atoms with Crippen LogP contribution in [0, 0.1) is 0 Å². The number of carbonyl (C=O) groups is 1. The number of nitrogens with zero attached hydrogens (tertiary/aromatic N) is 1. The lowest BCUT2D eigenvalue weighted by Gasteiger charge is -2.38. The molecule has 0 bridgehead atoms. The highest BCUT2D eigenvalue weighted by Crippen LogP contribution is 2.37. The van der Waals surface area contributed by atoms with E-state index in [1.54, 1.807) is 0 Å². The topological polar surface area (TPSA) is 44.4 Å². The molecule has 78 valence electrons. The van der Waals surface area contributed by atoms with Crippen molar-refractivity contribution in [2.24, 2.45) is 0 Å². The zero-order valence-electron chi connectivity index (χ0n) is 8.38. The quantitative estimate of drug-likeness (QED) is 0.556. The third kappa shape index (κ3) is 0.982. The van der Waals surface area contributed by atoms with E-state index in [4.69, 9.17) is 0 Å². The van der Waals surface area contributed by atoms with Gasteiger partial charge < -0.3 is 10.6 Å². The van der Waals surface area contributed by atoms with Crippen LogP contribution in [0.3, 0.4) is 0 Å². The molecule has 1 amide bonds. The molecule has 3 fully saturated rings. The Hall–Kier alpha value is -0.610. The van der Waals surface area contributed by atoms with Crippen molar-refractivity contribution in [2.45, 2.75) is 37.4 Å². The van der Waals surface area contributed by atoms with Crippen molar-refractivity contribution in [3.63, 3.8) is 0 Å². The SMILES string of the molecule is O=C1NC2CCCN2C12CCNCC2. The van der Waals surface area contributed by atoms with Gasteiger partial charge in [0.05, 0.1) is 6.17 Å². The van der Waals surface area contributed by atoms with Crippen LogP contribution >= 0.6 is 0 Å². The lowest BCUT2D eigenvalue weighted by molar-refractivity contribution is -0.127. The van der Waals surface area contributed by atoms with E-state index in [0.29, 0.717) is 6.17 Å². The predicted octanol–water partition coefficient (Wildman–Crippen LogP) is -0.340. The molecule has 0 aromatic heterocycles. The summed E-state index contributed by atoms with van der Waals surface area (Å²) in [5, 5.41) is 6.47. The molecule has 0 aliphatic carbocycles. The maximum Gasteiger partial charge on any atom is 0.241 e. The average Bonchev–Trinajstić information content (AvgIpc) is 2.74. The van der Waals surface area contributed by atoms with Gasteiger partial charge in [-0.1, -0.05) is 0 Å². The molecule has 3 saturated heterocycles. The first-order valence-electron chi connectivity index (χ1n) is 5.61. The third-order valence-corrected chi connectivity index (χ3v) is 3.95. The number of rotatable bonds is 0. The number of nitrogens with one attached hydrogen (secondary N) is 2. The molecule has 4 nitrogen and oxygen atoms in total. The van der Waals surface area contributed by atoms with Crippen molar-refractivity contribution in [3.05, 3.63) is 0 Å². The molecule has 4 heteroatoms. The largest absolute Gasteiger partial charge is 0.339 e. The molecular formula is C10H17N3O. The molecule has 2 N–H and O–H groups in total. The van der Waals surface area contributed by atoms with Gasteiger partial charge in [0.1, 0.15) is 5.54 Å². The maximum absolute atomic E-state index is 12.0. The van der Waals surface area contributed by atoms with Crippen molar-refractivity contribution in [2.75, 3.05) is 19.6 Å². The van der Waals surface area contributed by atoms with Crippen LogP contribution in [0.4, 0.5) is 0 Å². The first kappa shape index (κ1) is 8.68. The summed E-state index contributed by atoms with van der Waals surface area (Å²) in [6, 6.07) is 0. The first-order valence-corrected chi connectivity index (χ1v) is 5.61. The summed E-state index contributed by atoms with van der Waals surface area (Å²) >= 11 is 0. The lowest BCUT2D eigenvalue weighted by atomic mass is 9.87. The van der Waals surface area contributed by atoms with Gasteiger partial charge in [0.2, 0.25) is 5.91 Å². The fourth-order valence-corrected chi connectivity index (χ4v) is 3.20. The Labute approximate surface area is 84.0 Å². The Bertz CT molecular complexity index is 260. The van der Waals surface area contributed by atoms with E-state index in [1.807, 2.05) is 0 Å². The Kier molecular flexibility index (Phi) is 1.82. The van der Waals surface area contributed by atoms with E-state index in [2.05, 4.69) is 15.5 Å². The van der Waals surface area contributed by atoms with E-state index in [0.717, 1.165) is 38.9 Å². The van der Waals surface area contributed by atoms with Crippen molar-refractivity contribution >= 4 is 5.91 Å². The standard InChI is InChI=1S/C10H17N3O/c14-9-10(3-5-11-6-4-10)13-7-1-2-8(13)12-9/h8,11H,1-7H2,(H,12,14). The van der Waals surface area contributed by atoms with Gasteiger partial charge in [-0.05, 0) is 38.8 Å². The molecule has 3 heterocycles. The summed E-state index contributed by atoms with van der Waals surface area (Å²) in [6.07, 6.45) is 4.69. The molecule has 3 aliphatic rings. The highest BCUT2D eigenvalue weighted by atomic mass is 16.2. The maximum atomic E-state index is 12.0. The second kappa shape index (κ2) is 2.94. The van der Waals surface area contributed by atoms with Crippen molar-refractivity contribution in [3.8, 4) is 0 Å². The van der Waals surface area contributed by atoms with Gasteiger partial charge in [-0.15, -0.1) is 0 Å². The highest BCUT2D eigenvalue weighted by molar-refractivity contribution is 5.89. The van der Waals surface area contributed by atoms with Gasteiger partial charge in [-0.3, -0.25) is 9.69 Å². The molecule has 3 aliphatic heterocycles. The van der Waals surface area contributed by atoms with Gasteiger partial charge in [0.15, 0.2) is 0 Å². The smallest absolute Gasteiger partial charge is 0.241 e. The summed E-state index contributed by atoms with van der Waals surface area (Å²) < 4.78 is 0. The number of piperidine rings is 1.